The van der Waals surface area contributed by atoms with Crippen molar-refractivity contribution >= 4 is 22.6 Å². The molecule has 5 heteroatoms. The van der Waals surface area contributed by atoms with Gasteiger partial charge in [-0.3, -0.25) is 0 Å². The number of anilines is 1. The second-order valence-electron chi connectivity index (χ2n) is 6.37. The third kappa shape index (κ3) is 3.06. The Morgan fingerprint density at radius 1 is 1.39 bits per heavy atom. The van der Waals surface area contributed by atoms with E-state index in [1.807, 2.05) is 18.2 Å². The molecule has 1 fully saturated rings. The number of carbonyl (C=O) groups excluding carboxylic acids is 1. The molecule has 2 unspecified atom stereocenters. The number of rotatable bonds is 3. The number of nitrogens with zero attached hydrogens (tertiary/aromatic N) is 2. The normalized spacial score (nSPS) is 21.6. The minimum atomic E-state index is -0.121. The van der Waals surface area contributed by atoms with Crippen LogP contribution in [0.4, 0.5) is 10.5 Å². The molecule has 0 saturated carbocycles. The first kappa shape index (κ1) is 15.9. The second kappa shape index (κ2) is 6.62. The van der Waals surface area contributed by atoms with Crippen molar-refractivity contribution in [1.82, 2.24) is 9.47 Å². The fraction of sp³-hybridized carbons (Fsp3) is 0.500. The summed E-state index contributed by atoms with van der Waals surface area (Å²) in [5, 5.41) is 13.8. The zero-order chi connectivity index (χ0) is 16.4. The molecule has 0 spiro atoms. The third-order valence-corrected chi connectivity index (χ3v) is 4.93. The Morgan fingerprint density at radius 3 is 2.96 bits per heavy atom. The standard InChI is InChI=1S/C18H25N3O2/c1-3-20-10-8-14-6-7-15(11-16(14)20)19-18(23)21-9-4-5-13(2)17(21)12-22/h6-8,10-11,13,17,22H,3-5,9,12H2,1-2H3,(H,19,23). The smallest absolute Gasteiger partial charge is 0.322 e. The van der Waals surface area contributed by atoms with E-state index >= 15 is 0 Å². The highest BCUT2D eigenvalue weighted by Gasteiger charge is 2.31. The molecule has 1 saturated heterocycles. The highest BCUT2D eigenvalue weighted by Crippen LogP contribution is 2.25. The summed E-state index contributed by atoms with van der Waals surface area (Å²) in [6.45, 7) is 5.82. The number of nitrogens with one attached hydrogen (secondary N) is 1. The van der Waals surface area contributed by atoms with Gasteiger partial charge in [-0.05, 0) is 49.3 Å². The van der Waals surface area contributed by atoms with Crippen molar-refractivity contribution in [1.29, 1.82) is 0 Å². The summed E-state index contributed by atoms with van der Waals surface area (Å²) >= 11 is 0. The summed E-state index contributed by atoms with van der Waals surface area (Å²) in [7, 11) is 0. The number of urea groups is 1. The molecule has 0 radical (unpaired) electrons. The molecule has 0 bridgehead atoms. The van der Waals surface area contributed by atoms with E-state index in [1.54, 1.807) is 4.90 Å². The first-order valence-corrected chi connectivity index (χ1v) is 8.41. The average molecular weight is 315 g/mol. The van der Waals surface area contributed by atoms with Crippen molar-refractivity contribution in [3.8, 4) is 0 Å². The van der Waals surface area contributed by atoms with Crippen molar-refractivity contribution in [2.75, 3.05) is 18.5 Å². The zero-order valence-corrected chi connectivity index (χ0v) is 13.8. The van der Waals surface area contributed by atoms with Gasteiger partial charge >= 0.3 is 6.03 Å². The highest BCUT2D eigenvalue weighted by molar-refractivity contribution is 5.93. The summed E-state index contributed by atoms with van der Waals surface area (Å²) in [5.74, 6) is 0.333. The molecule has 1 aromatic carbocycles. The molecule has 3 rings (SSSR count). The van der Waals surface area contributed by atoms with Gasteiger partial charge in [0, 0.05) is 25.0 Å². The topological polar surface area (TPSA) is 57.5 Å². The summed E-state index contributed by atoms with van der Waals surface area (Å²) in [5.41, 5.74) is 1.92. The molecule has 2 heterocycles. The molecule has 1 aromatic heterocycles. The number of aryl methyl sites for hydroxylation is 1. The molecule has 0 aliphatic carbocycles. The van der Waals surface area contributed by atoms with Crippen LogP contribution in [0.3, 0.4) is 0 Å². The Hall–Kier alpha value is -2.01. The number of hydrogen-bond acceptors (Lipinski definition) is 2. The highest BCUT2D eigenvalue weighted by atomic mass is 16.3. The lowest BCUT2D eigenvalue weighted by molar-refractivity contribution is 0.0811. The number of aliphatic hydroxyl groups is 1. The number of fused-ring (bicyclic) bond motifs is 1. The molecule has 124 valence electrons. The number of aliphatic hydroxyl groups excluding tert-OH is 1. The van der Waals surface area contributed by atoms with E-state index in [1.165, 1.54) is 5.39 Å². The lowest BCUT2D eigenvalue weighted by Gasteiger charge is -2.38. The molecular formula is C18H25N3O2. The average Bonchev–Trinajstić information content (AvgIpc) is 2.96. The van der Waals surface area contributed by atoms with Gasteiger partial charge in [-0.15, -0.1) is 0 Å². The van der Waals surface area contributed by atoms with Gasteiger partial charge < -0.3 is 19.9 Å². The molecule has 2 amide bonds. The van der Waals surface area contributed by atoms with Crippen molar-refractivity contribution in [2.24, 2.45) is 5.92 Å². The van der Waals surface area contributed by atoms with Crippen LogP contribution in [-0.2, 0) is 6.54 Å². The Bertz CT molecular complexity index is 695. The lowest BCUT2D eigenvalue weighted by Crippen LogP contribution is -2.51. The zero-order valence-electron chi connectivity index (χ0n) is 13.8. The van der Waals surface area contributed by atoms with Gasteiger partial charge in [0.25, 0.3) is 0 Å². The minimum Gasteiger partial charge on any atom is -0.394 e. The third-order valence-electron chi connectivity index (χ3n) is 4.93. The first-order chi connectivity index (χ1) is 11.1. The number of carbonyl (C=O) groups is 1. The molecule has 2 N–H and O–H groups in total. The summed E-state index contributed by atoms with van der Waals surface area (Å²) in [4.78, 5) is 14.4. The Morgan fingerprint density at radius 2 is 2.22 bits per heavy atom. The van der Waals surface area contributed by atoms with Crippen LogP contribution in [0.15, 0.2) is 30.5 Å². The van der Waals surface area contributed by atoms with E-state index in [4.69, 9.17) is 0 Å². The SMILES string of the molecule is CCn1ccc2ccc(NC(=O)N3CCCC(C)C3CO)cc21. The number of benzene rings is 1. The predicted octanol–water partition coefficient (Wildman–Crippen LogP) is 3.29. The fourth-order valence-corrected chi connectivity index (χ4v) is 3.51. The lowest BCUT2D eigenvalue weighted by atomic mass is 9.91. The van der Waals surface area contributed by atoms with Crippen LogP contribution in [0.25, 0.3) is 10.9 Å². The molecular weight excluding hydrogens is 290 g/mol. The van der Waals surface area contributed by atoms with E-state index in [2.05, 4.69) is 36.0 Å². The first-order valence-electron chi connectivity index (χ1n) is 8.41. The largest absolute Gasteiger partial charge is 0.394 e. The van der Waals surface area contributed by atoms with Crippen molar-refractivity contribution in [2.45, 2.75) is 39.3 Å². The molecule has 5 nitrogen and oxygen atoms in total. The van der Waals surface area contributed by atoms with Crippen LogP contribution in [0.5, 0.6) is 0 Å². The van der Waals surface area contributed by atoms with Gasteiger partial charge in [0.05, 0.1) is 18.2 Å². The Labute approximate surface area is 136 Å². The molecule has 2 aromatic rings. The number of likely N-dealkylation sites (tertiary alicyclic amines) is 1. The van der Waals surface area contributed by atoms with Gasteiger partial charge in [-0.25, -0.2) is 4.79 Å². The molecule has 1 aliphatic heterocycles. The Kier molecular flexibility index (Phi) is 4.57. The Balaban J connectivity index is 1.79. The van der Waals surface area contributed by atoms with E-state index in [-0.39, 0.29) is 18.7 Å². The van der Waals surface area contributed by atoms with Crippen molar-refractivity contribution < 1.29 is 9.90 Å². The van der Waals surface area contributed by atoms with Gasteiger partial charge in [0.2, 0.25) is 0 Å². The summed E-state index contributed by atoms with van der Waals surface area (Å²) < 4.78 is 2.16. The maximum absolute atomic E-state index is 12.6. The van der Waals surface area contributed by atoms with Crippen molar-refractivity contribution in [3.05, 3.63) is 30.5 Å². The van der Waals surface area contributed by atoms with Gasteiger partial charge in [0.15, 0.2) is 0 Å². The van der Waals surface area contributed by atoms with E-state index in [0.717, 1.165) is 30.6 Å². The van der Waals surface area contributed by atoms with Crippen LogP contribution < -0.4 is 5.32 Å². The summed E-state index contributed by atoms with van der Waals surface area (Å²) in [6, 6.07) is 7.84. The van der Waals surface area contributed by atoms with Crippen molar-refractivity contribution in [3.63, 3.8) is 0 Å². The molecule has 23 heavy (non-hydrogen) atoms. The maximum Gasteiger partial charge on any atom is 0.322 e. The van der Waals surface area contributed by atoms with Crippen LogP contribution in [0, 0.1) is 5.92 Å². The second-order valence-corrected chi connectivity index (χ2v) is 6.37. The predicted molar refractivity (Wildman–Crippen MR) is 92.6 cm³/mol. The van der Waals surface area contributed by atoms with Crippen LogP contribution in [-0.4, -0.2) is 39.8 Å². The van der Waals surface area contributed by atoms with E-state index in [9.17, 15) is 9.90 Å². The van der Waals surface area contributed by atoms with Crippen LogP contribution >= 0.6 is 0 Å². The maximum atomic E-state index is 12.6. The van der Waals surface area contributed by atoms with E-state index < -0.39 is 0 Å². The van der Waals surface area contributed by atoms with Gasteiger partial charge in [0.1, 0.15) is 0 Å². The fourth-order valence-electron chi connectivity index (χ4n) is 3.51. The van der Waals surface area contributed by atoms with Gasteiger partial charge in [-0.2, -0.15) is 0 Å². The minimum absolute atomic E-state index is 0.0201. The van der Waals surface area contributed by atoms with Crippen LogP contribution in [0.1, 0.15) is 26.7 Å². The van der Waals surface area contributed by atoms with E-state index in [0.29, 0.717) is 12.5 Å². The molecule has 2 atom stereocenters. The van der Waals surface area contributed by atoms with Crippen LogP contribution in [0.2, 0.25) is 0 Å². The van der Waals surface area contributed by atoms with Gasteiger partial charge in [-0.1, -0.05) is 13.0 Å². The number of piperidine rings is 1. The summed E-state index contributed by atoms with van der Waals surface area (Å²) in [6.07, 6.45) is 4.11. The molecule has 1 aliphatic rings. The number of amides is 2. The number of hydrogen-bond donors (Lipinski definition) is 2. The monoisotopic (exact) mass is 315 g/mol. The quantitative estimate of drug-likeness (QED) is 0.913. The number of aromatic nitrogens is 1.